The molecule has 188 valence electrons. The molecule has 0 bridgehead atoms. The van der Waals surface area contributed by atoms with Crippen LogP contribution in [0, 0.1) is 5.92 Å². The van der Waals surface area contributed by atoms with E-state index in [2.05, 4.69) is 62.4 Å². The topological polar surface area (TPSA) is 9.23 Å². The molecule has 1 aliphatic carbocycles. The summed E-state index contributed by atoms with van der Waals surface area (Å²) in [6.45, 7) is 5.23. The molecule has 0 aromatic heterocycles. The highest BCUT2D eigenvalue weighted by atomic mass is 16.5. The minimum Gasteiger partial charge on any atom is -0.494 e. The fraction of sp³-hybridized carbons (Fsp3) is 0.636. The largest absolute Gasteiger partial charge is 0.494 e. The van der Waals surface area contributed by atoms with Gasteiger partial charge in [0.2, 0.25) is 0 Å². The van der Waals surface area contributed by atoms with E-state index in [9.17, 15) is 0 Å². The Balaban J connectivity index is 1.30. The summed E-state index contributed by atoms with van der Waals surface area (Å²) < 4.78 is 5.71. The molecule has 0 aliphatic heterocycles. The maximum absolute atomic E-state index is 5.71. The predicted molar refractivity (Wildman–Crippen MR) is 149 cm³/mol. The lowest BCUT2D eigenvalue weighted by molar-refractivity contribution is 0.301. The number of rotatable bonds is 16. The Morgan fingerprint density at radius 1 is 0.588 bits per heavy atom. The Kier molecular flexibility index (Phi) is 12.6. The van der Waals surface area contributed by atoms with Gasteiger partial charge in [0.1, 0.15) is 5.75 Å². The molecule has 0 N–H and O–H groups in total. The molecule has 0 atom stereocenters. The van der Waals surface area contributed by atoms with Gasteiger partial charge in [-0.1, -0.05) is 121 Å². The number of benzene rings is 2. The summed E-state index contributed by atoms with van der Waals surface area (Å²) in [5.41, 5.74) is 4.13. The van der Waals surface area contributed by atoms with E-state index in [-0.39, 0.29) is 0 Å². The zero-order valence-electron chi connectivity index (χ0n) is 22.2. The highest BCUT2D eigenvalue weighted by Crippen LogP contribution is 2.38. The summed E-state index contributed by atoms with van der Waals surface area (Å²) >= 11 is 0. The molecule has 2 aromatic rings. The summed E-state index contributed by atoms with van der Waals surface area (Å²) in [6, 6.07) is 17.9. The lowest BCUT2D eigenvalue weighted by Gasteiger charge is -2.29. The van der Waals surface area contributed by atoms with Gasteiger partial charge in [0.05, 0.1) is 6.61 Å². The van der Waals surface area contributed by atoms with Gasteiger partial charge in [-0.15, -0.1) is 0 Å². The van der Waals surface area contributed by atoms with Crippen LogP contribution in [0.5, 0.6) is 5.75 Å². The third-order valence-electron chi connectivity index (χ3n) is 7.86. The average molecular weight is 463 g/mol. The van der Waals surface area contributed by atoms with Gasteiger partial charge < -0.3 is 4.74 Å². The first-order valence-electron chi connectivity index (χ1n) is 14.6. The Morgan fingerprint density at radius 2 is 1.12 bits per heavy atom. The van der Waals surface area contributed by atoms with Crippen molar-refractivity contribution in [3.63, 3.8) is 0 Å². The lowest BCUT2D eigenvalue weighted by atomic mass is 9.77. The SMILES string of the molecule is CCCCCCCCCCCCC1CCC(c2ccc(-c3ccc(OCCC)cc3)cc2)CC1. The quantitative estimate of drug-likeness (QED) is 0.225. The highest BCUT2D eigenvalue weighted by molar-refractivity contribution is 5.64. The van der Waals surface area contributed by atoms with Gasteiger partial charge >= 0.3 is 0 Å². The van der Waals surface area contributed by atoms with E-state index in [4.69, 9.17) is 4.74 Å². The van der Waals surface area contributed by atoms with Crippen LogP contribution in [0.1, 0.15) is 128 Å². The number of hydrogen-bond acceptors (Lipinski definition) is 1. The van der Waals surface area contributed by atoms with Crippen molar-refractivity contribution in [2.75, 3.05) is 6.61 Å². The van der Waals surface area contributed by atoms with Crippen LogP contribution in [-0.4, -0.2) is 6.61 Å². The first-order chi connectivity index (χ1) is 16.8. The van der Waals surface area contributed by atoms with Gasteiger partial charge in [0, 0.05) is 0 Å². The summed E-state index contributed by atoms with van der Waals surface area (Å²) in [5, 5.41) is 0. The molecule has 0 heterocycles. The first kappa shape index (κ1) is 26.8. The molecule has 3 rings (SSSR count). The van der Waals surface area contributed by atoms with Crippen molar-refractivity contribution in [3.8, 4) is 16.9 Å². The van der Waals surface area contributed by atoms with E-state index in [0.29, 0.717) is 0 Å². The first-order valence-corrected chi connectivity index (χ1v) is 14.6. The molecule has 1 saturated carbocycles. The van der Waals surface area contributed by atoms with Crippen LogP contribution < -0.4 is 4.74 Å². The molecule has 0 radical (unpaired) electrons. The molecule has 1 fully saturated rings. The smallest absolute Gasteiger partial charge is 0.119 e. The number of hydrogen-bond donors (Lipinski definition) is 0. The fourth-order valence-corrected chi connectivity index (χ4v) is 5.62. The molecule has 0 unspecified atom stereocenters. The van der Waals surface area contributed by atoms with Crippen LogP contribution >= 0.6 is 0 Å². The van der Waals surface area contributed by atoms with Crippen LogP contribution in [-0.2, 0) is 0 Å². The van der Waals surface area contributed by atoms with Crippen LogP contribution in [0.2, 0.25) is 0 Å². The van der Waals surface area contributed by atoms with Gasteiger partial charge in [-0.2, -0.15) is 0 Å². The highest BCUT2D eigenvalue weighted by Gasteiger charge is 2.22. The van der Waals surface area contributed by atoms with Crippen LogP contribution in [0.25, 0.3) is 11.1 Å². The van der Waals surface area contributed by atoms with E-state index in [1.165, 1.54) is 107 Å². The molecule has 2 aromatic carbocycles. The number of ether oxygens (including phenoxy) is 1. The van der Waals surface area contributed by atoms with Crippen molar-refractivity contribution >= 4 is 0 Å². The molecule has 0 saturated heterocycles. The zero-order chi connectivity index (χ0) is 23.8. The van der Waals surface area contributed by atoms with E-state index in [0.717, 1.165) is 30.6 Å². The molecular formula is C33H50O. The van der Waals surface area contributed by atoms with Crippen molar-refractivity contribution in [1.29, 1.82) is 0 Å². The lowest BCUT2D eigenvalue weighted by Crippen LogP contribution is -2.13. The molecule has 34 heavy (non-hydrogen) atoms. The molecule has 0 amide bonds. The predicted octanol–water partition coefficient (Wildman–Crippen LogP) is 10.7. The van der Waals surface area contributed by atoms with Gasteiger partial charge in [0.25, 0.3) is 0 Å². The average Bonchev–Trinajstić information content (AvgIpc) is 2.89. The Morgan fingerprint density at radius 3 is 1.68 bits per heavy atom. The third kappa shape index (κ3) is 9.47. The molecule has 1 heteroatoms. The van der Waals surface area contributed by atoms with E-state index in [1.54, 1.807) is 5.56 Å². The summed E-state index contributed by atoms with van der Waals surface area (Å²) in [6.07, 6.45) is 22.6. The van der Waals surface area contributed by atoms with Crippen molar-refractivity contribution in [1.82, 2.24) is 0 Å². The monoisotopic (exact) mass is 462 g/mol. The van der Waals surface area contributed by atoms with Crippen molar-refractivity contribution in [3.05, 3.63) is 54.1 Å². The van der Waals surface area contributed by atoms with Crippen LogP contribution in [0.15, 0.2) is 48.5 Å². The summed E-state index contributed by atoms with van der Waals surface area (Å²) in [4.78, 5) is 0. The van der Waals surface area contributed by atoms with Gasteiger partial charge in [0.15, 0.2) is 0 Å². The molecule has 1 aliphatic rings. The maximum Gasteiger partial charge on any atom is 0.119 e. The Labute approximate surface area is 210 Å². The van der Waals surface area contributed by atoms with E-state index < -0.39 is 0 Å². The minimum atomic E-state index is 0.767. The zero-order valence-corrected chi connectivity index (χ0v) is 22.2. The summed E-state index contributed by atoms with van der Waals surface area (Å²) in [5.74, 6) is 2.72. The van der Waals surface area contributed by atoms with E-state index in [1.807, 2.05) is 0 Å². The minimum absolute atomic E-state index is 0.767. The number of unbranched alkanes of at least 4 members (excludes halogenated alkanes) is 9. The van der Waals surface area contributed by atoms with Crippen LogP contribution in [0.3, 0.4) is 0 Å². The molecule has 1 nitrogen and oxygen atoms in total. The molecule has 0 spiro atoms. The van der Waals surface area contributed by atoms with Crippen molar-refractivity contribution in [2.24, 2.45) is 5.92 Å². The van der Waals surface area contributed by atoms with Gasteiger partial charge in [-0.3, -0.25) is 0 Å². The van der Waals surface area contributed by atoms with Gasteiger partial charge in [-0.25, -0.2) is 0 Å². The van der Waals surface area contributed by atoms with Crippen LogP contribution in [0.4, 0.5) is 0 Å². The van der Waals surface area contributed by atoms with Gasteiger partial charge in [-0.05, 0) is 72.8 Å². The Bertz CT molecular complexity index is 752. The Hall–Kier alpha value is -1.76. The standard InChI is InChI=1S/C33H50O/c1-3-5-6-7-8-9-10-11-12-13-14-28-15-17-29(18-16-28)30-19-21-31(22-20-30)32-23-25-33(26-24-32)34-27-4-2/h19-26,28-29H,3-18,27H2,1-2H3. The van der Waals surface area contributed by atoms with E-state index >= 15 is 0 Å². The normalized spacial score (nSPS) is 18.2. The third-order valence-corrected chi connectivity index (χ3v) is 7.86. The second-order valence-electron chi connectivity index (χ2n) is 10.7. The molecular weight excluding hydrogens is 412 g/mol. The van der Waals surface area contributed by atoms with Crippen molar-refractivity contribution < 1.29 is 4.74 Å². The second kappa shape index (κ2) is 16.0. The second-order valence-corrected chi connectivity index (χ2v) is 10.7. The summed E-state index contributed by atoms with van der Waals surface area (Å²) in [7, 11) is 0. The van der Waals surface area contributed by atoms with Crippen molar-refractivity contribution in [2.45, 2.75) is 122 Å². The maximum atomic E-state index is 5.71. The fourth-order valence-electron chi connectivity index (χ4n) is 5.62.